The Labute approximate surface area is 83.1 Å². The van der Waals surface area contributed by atoms with E-state index in [4.69, 9.17) is 4.74 Å². The van der Waals surface area contributed by atoms with Crippen LogP contribution in [0.25, 0.3) is 0 Å². The van der Waals surface area contributed by atoms with Crippen molar-refractivity contribution in [3.8, 4) is 5.75 Å². The van der Waals surface area contributed by atoms with Crippen LogP contribution in [0.2, 0.25) is 0 Å². The Bertz CT molecular complexity index is 321. The molecule has 1 heterocycles. The highest BCUT2D eigenvalue weighted by Crippen LogP contribution is 2.33. The highest BCUT2D eigenvalue weighted by molar-refractivity contribution is 5.33. The zero-order chi connectivity index (χ0) is 10.0. The van der Waals surface area contributed by atoms with E-state index in [0.29, 0.717) is 24.3 Å². The average molecular weight is 195 g/mol. The first kappa shape index (κ1) is 9.46. The van der Waals surface area contributed by atoms with E-state index >= 15 is 0 Å². The largest absolute Gasteiger partial charge is 0.497 e. The third-order valence-corrected chi connectivity index (χ3v) is 2.69. The van der Waals surface area contributed by atoms with Gasteiger partial charge in [0.2, 0.25) is 0 Å². The number of benzene rings is 1. The predicted molar refractivity (Wildman–Crippen MR) is 53.3 cm³/mol. The maximum absolute atomic E-state index is 14.2. The van der Waals surface area contributed by atoms with Crippen LogP contribution in [0.5, 0.6) is 5.75 Å². The molecule has 0 unspecified atom stereocenters. The minimum absolute atomic E-state index is 0.403. The van der Waals surface area contributed by atoms with Crippen molar-refractivity contribution in [1.82, 2.24) is 5.32 Å². The fraction of sp³-hybridized carbons (Fsp3) is 0.455. The van der Waals surface area contributed by atoms with Gasteiger partial charge in [0.1, 0.15) is 11.4 Å². The SMILES string of the molecule is COc1cccc([C@]2(F)CCNC2)c1. The predicted octanol–water partition coefficient (Wildman–Crippen LogP) is 1.85. The second-order valence-electron chi connectivity index (χ2n) is 3.62. The molecule has 1 aromatic rings. The minimum atomic E-state index is -1.21. The lowest BCUT2D eigenvalue weighted by atomic mass is 9.95. The third kappa shape index (κ3) is 1.60. The molecule has 0 spiro atoms. The number of alkyl halides is 1. The molecule has 1 N–H and O–H groups in total. The van der Waals surface area contributed by atoms with Crippen molar-refractivity contribution < 1.29 is 9.13 Å². The molecule has 2 rings (SSSR count). The smallest absolute Gasteiger partial charge is 0.149 e. The van der Waals surface area contributed by atoms with Crippen LogP contribution in [-0.4, -0.2) is 20.2 Å². The maximum atomic E-state index is 14.2. The van der Waals surface area contributed by atoms with Crippen LogP contribution in [0.4, 0.5) is 4.39 Å². The number of rotatable bonds is 2. The molecule has 1 saturated heterocycles. The number of nitrogens with one attached hydrogen (secondary N) is 1. The Balaban J connectivity index is 2.30. The summed E-state index contributed by atoms with van der Waals surface area (Å²) < 4.78 is 19.3. The summed E-state index contributed by atoms with van der Waals surface area (Å²) in [6.45, 7) is 1.15. The van der Waals surface area contributed by atoms with Gasteiger partial charge >= 0.3 is 0 Å². The standard InChI is InChI=1S/C11H14FNO/c1-14-10-4-2-3-9(7-10)11(12)5-6-13-8-11/h2-4,7,13H,5-6,8H2,1H3/t11-/m0/s1. The summed E-state index contributed by atoms with van der Waals surface area (Å²) in [5, 5.41) is 3.03. The van der Waals surface area contributed by atoms with Crippen LogP contribution < -0.4 is 10.1 Å². The van der Waals surface area contributed by atoms with Gasteiger partial charge < -0.3 is 10.1 Å². The summed E-state index contributed by atoms with van der Waals surface area (Å²) in [5.41, 5.74) is -0.504. The second-order valence-corrected chi connectivity index (χ2v) is 3.62. The maximum Gasteiger partial charge on any atom is 0.149 e. The van der Waals surface area contributed by atoms with Crippen LogP contribution >= 0.6 is 0 Å². The second kappa shape index (κ2) is 3.58. The number of methoxy groups -OCH3 is 1. The molecule has 0 saturated carbocycles. The Hall–Kier alpha value is -1.09. The fourth-order valence-corrected chi connectivity index (χ4v) is 1.81. The van der Waals surface area contributed by atoms with E-state index < -0.39 is 5.67 Å². The molecule has 0 radical (unpaired) electrons. The molecule has 76 valence electrons. The van der Waals surface area contributed by atoms with Gasteiger partial charge in [-0.15, -0.1) is 0 Å². The zero-order valence-electron chi connectivity index (χ0n) is 8.22. The quantitative estimate of drug-likeness (QED) is 0.777. The lowest BCUT2D eigenvalue weighted by molar-refractivity contribution is 0.193. The topological polar surface area (TPSA) is 21.3 Å². The van der Waals surface area contributed by atoms with Gasteiger partial charge in [-0.1, -0.05) is 12.1 Å². The van der Waals surface area contributed by atoms with Crippen LogP contribution in [0, 0.1) is 0 Å². The van der Waals surface area contributed by atoms with Gasteiger partial charge in [0.05, 0.1) is 7.11 Å². The van der Waals surface area contributed by atoms with Crippen LogP contribution in [0.1, 0.15) is 12.0 Å². The van der Waals surface area contributed by atoms with Gasteiger partial charge in [-0.05, 0) is 30.7 Å². The number of hydrogen-bond acceptors (Lipinski definition) is 2. The first-order valence-electron chi connectivity index (χ1n) is 4.79. The van der Waals surface area contributed by atoms with Gasteiger partial charge in [0, 0.05) is 6.54 Å². The van der Waals surface area contributed by atoms with Crippen molar-refractivity contribution in [3.05, 3.63) is 29.8 Å². The van der Waals surface area contributed by atoms with Crippen molar-refractivity contribution in [2.24, 2.45) is 0 Å². The molecule has 1 aliphatic heterocycles. The van der Waals surface area contributed by atoms with E-state index in [2.05, 4.69) is 5.32 Å². The van der Waals surface area contributed by atoms with E-state index in [-0.39, 0.29) is 0 Å². The summed E-state index contributed by atoms with van der Waals surface area (Å²) in [5.74, 6) is 0.714. The van der Waals surface area contributed by atoms with Crippen molar-refractivity contribution in [3.63, 3.8) is 0 Å². The molecule has 0 amide bonds. The Morgan fingerprint density at radius 3 is 3.00 bits per heavy atom. The summed E-state index contributed by atoms with van der Waals surface area (Å²) in [6, 6.07) is 7.24. The average Bonchev–Trinajstić information content (AvgIpc) is 2.67. The molecule has 1 aromatic carbocycles. The summed E-state index contributed by atoms with van der Waals surface area (Å²) >= 11 is 0. The fourth-order valence-electron chi connectivity index (χ4n) is 1.81. The van der Waals surface area contributed by atoms with Gasteiger partial charge in [-0.3, -0.25) is 0 Å². The molecule has 2 nitrogen and oxygen atoms in total. The minimum Gasteiger partial charge on any atom is -0.497 e. The lowest BCUT2D eigenvalue weighted by Gasteiger charge is -2.18. The van der Waals surface area contributed by atoms with Crippen LogP contribution in [0.15, 0.2) is 24.3 Å². The molecule has 0 aromatic heterocycles. The molecule has 14 heavy (non-hydrogen) atoms. The lowest BCUT2D eigenvalue weighted by Crippen LogP contribution is -2.23. The molecule has 0 bridgehead atoms. The summed E-state index contributed by atoms with van der Waals surface area (Å²) in [7, 11) is 1.59. The number of ether oxygens (including phenoxy) is 1. The Morgan fingerprint density at radius 2 is 2.36 bits per heavy atom. The van der Waals surface area contributed by atoms with Crippen molar-refractivity contribution in [2.75, 3.05) is 20.2 Å². The van der Waals surface area contributed by atoms with E-state index in [1.54, 1.807) is 13.2 Å². The molecule has 0 aliphatic carbocycles. The van der Waals surface area contributed by atoms with Gasteiger partial charge in [-0.25, -0.2) is 4.39 Å². The first-order chi connectivity index (χ1) is 6.74. The van der Waals surface area contributed by atoms with E-state index in [1.165, 1.54) is 0 Å². The molecular weight excluding hydrogens is 181 g/mol. The van der Waals surface area contributed by atoms with Crippen LogP contribution in [-0.2, 0) is 5.67 Å². The van der Waals surface area contributed by atoms with Crippen molar-refractivity contribution in [2.45, 2.75) is 12.1 Å². The van der Waals surface area contributed by atoms with Crippen LogP contribution in [0.3, 0.4) is 0 Å². The monoisotopic (exact) mass is 195 g/mol. The summed E-state index contributed by atoms with van der Waals surface area (Å²) in [6.07, 6.45) is 0.542. The van der Waals surface area contributed by atoms with E-state index in [0.717, 1.165) is 6.54 Å². The van der Waals surface area contributed by atoms with Gasteiger partial charge in [0.25, 0.3) is 0 Å². The summed E-state index contributed by atoms with van der Waals surface area (Å²) in [4.78, 5) is 0. The van der Waals surface area contributed by atoms with E-state index in [1.807, 2.05) is 18.2 Å². The number of halogens is 1. The van der Waals surface area contributed by atoms with Gasteiger partial charge in [-0.2, -0.15) is 0 Å². The molecule has 3 heteroatoms. The Morgan fingerprint density at radius 1 is 1.50 bits per heavy atom. The normalized spacial score (nSPS) is 26.4. The highest BCUT2D eigenvalue weighted by Gasteiger charge is 2.35. The first-order valence-corrected chi connectivity index (χ1v) is 4.79. The van der Waals surface area contributed by atoms with E-state index in [9.17, 15) is 4.39 Å². The highest BCUT2D eigenvalue weighted by atomic mass is 19.1. The van der Waals surface area contributed by atoms with Crippen molar-refractivity contribution >= 4 is 0 Å². The molecule has 1 aliphatic rings. The van der Waals surface area contributed by atoms with Gasteiger partial charge in [0.15, 0.2) is 0 Å². The molecular formula is C11H14FNO. The Kier molecular flexibility index (Phi) is 2.42. The number of hydrogen-bond donors (Lipinski definition) is 1. The molecule has 1 atom stereocenters. The zero-order valence-corrected chi connectivity index (χ0v) is 8.22. The van der Waals surface area contributed by atoms with Crippen molar-refractivity contribution in [1.29, 1.82) is 0 Å². The third-order valence-electron chi connectivity index (χ3n) is 2.69. The molecule has 1 fully saturated rings.